The van der Waals surface area contributed by atoms with Gasteiger partial charge in [-0.1, -0.05) is 19.1 Å². The highest BCUT2D eigenvalue weighted by molar-refractivity contribution is 5.94. The van der Waals surface area contributed by atoms with Crippen LogP contribution in [0, 0.1) is 5.92 Å². The van der Waals surface area contributed by atoms with Crippen LogP contribution in [0.15, 0.2) is 24.3 Å². The van der Waals surface area contributed by atoms with Crippen LogP contribution < -0.4 is 11.1 Å². The molecule has 3 heteroatoms. The molecular weight excluding hydrogens is 188 g/mol. The summed E-state index contributed by atoms with van der Waals surface area (Å²) in [5.41, 5.74) is 7.22. The molecule has 1 fully saturated rings. The van der Waals surface area contributed by atoms with Crippen LogP contribution in [-0.2, 0) is 6.54 Å². The van der Waals surface area contributed by atoms with Gasteiger partial charge in [0.2, 0.25) is 0 Å². The van der Waals surface area contributed by atoms with E-state index in [1.807, 2.05) is 24.3 Å². The molecular formula is C12H16N2O. The van der Waals surface area contributed by atoms with Crippen molar-refractivity contribution in [1.29, 1.82) is 0 Å². The van der Waals surface area contributed by atoms with E-state index < -0.39 is 0 Å². The van der Waals surface area contributed by atoms with Crippen molar-refractivity contribution < 1.29 is 4.79 Å². The Bertz CT molecular complexity index is 376. The van der Waals surface area contributed by atoms with Gasteiger partial charge in [-0.15, -0.1) is 0 Å². The maximum absolute atomic E-state index is 11.8. The van der Waals surface area contributed by atoms with Crippen molar-refractivity contribution in [2.45, 2.75) is 25.9 Å². The number of hydrogen-bond donors (Lipinski definition) is 2. The Morgan fingerprint density at radius 3 is 2.93 bits per heavy atom. The molecule has 0 spiro atoms. The van der Waals surface area contributed by atoms with Crippen molar-refractivity contribution in [3.63, 3.8) is 0 Å². The van der Waals surface area contributed by atoms with Gasteiger partial charge in [-0.05, 0) is 30.0 Å². The minimum Gasteiger partial charge on any atom is -0.349 e. The van der Waals surface area contributed by atoms with Crippen molar-refractivity contribution in [2.24, 2.45) is 11.7 Å². The first-order valence-corrected chi connectivity index (χ1v) is 5.30. The molecule has 80 valence electrons. The fraction of sp³-hybridized carbons (Fsp3) is 0.417. The zero-order valence-electron chi connectivity index (χ0n) is 8.86. The summed E-state index contributed by atoms with van der Waals surface area (Å²) in [6, 6.07) is 7.84. The lowest BCUT2D eigenvalue weighted by atomic mass is 10.1. The van der Waals surface area contributed by atoms with Crippen LogP contribution in [0.2, 0.25) is 0 Å². The molecule has 0 aromatic heterocycles. The molecule has 0 bridgehead atoms. The number of benzene rings is 1. The third-order valence-electron chi connectivity index (χ3n) is 2.85. The van der Waals surface area contributed by atoms with Crippen LogP contribution >= 0.6 is 0 Å². The third kappa shape index (κ3) is 2.36. The lowest BCUT2D eigenvalue weighted by Gasteiger charge is -2.05. The van der Waals surface area contributed by atoms with E-state index in [0.717, 1.165) is 12.0 Å². The summed E-state index contributed by atoms with van der Waals surface area (Å²) in [6.07, 6.45) is 1.10. The first kappa shape index (κ1) is 10.2. The van der Waals surface area contributed by atoms with Crippen molar-refractivity contribution in [1.82, 2.24) is 5.32 Å². The number of carbonyl (C=O) groups is 1. The number of carbonyl (C=O) groups excluding carboxylic acids is 1. The van der Waals surface area contributed by atoms with Gasteiger partial charge in [0, 0.05) is 18.2 Å². The Morgan fingerprint density at radius 2 is 2.33 bits per heavy atom. The molecule has 1 aromatic carbocycles. The Hall–Kier alpha value is -1.35. The van der Waals surface area contributed by atoms with Crippen LogP contribution in [0.25, 0.3) is 0 Å². The summed E-state index contributed by atoms with van der Waals surface area (Å²) in [7, 11) is 0. The molecule has 0 aliphatic heterocycles. The molecule has 1 amide bonds. The van der Waals surface area contributed by atoms with Crippen LogP contribution in [0.3, 0.4) is 0 Å². The second-order valence-corrected chi connectivity index (χ2v) is 4.20. The quantitative estimate of drug-likeness (QED) is 0.779. The van der Waals surface area contributed by atoms with E-state index in [2.05, 4.69) is 12.2 Å². The Balaban J connectivity index is 2.04. The van der Waals surface area contributed by atoms with Gasteiger partial charge >= 0.3 is 0 Å². The van der Waals surface area contributed by atoms with Crippen molar-refractivity contribution >= 4 is 5.91 Å². The molecule has 2 atom stereocenters. The van der Waals surface area contributed by atoms with Gasteiger partial charge in [-0.2, -0.15) is 0 Å². The topological polar surface area (TPSA) is 55.1 Å². The Labute approximate surface area is 89.7 Å². The highest BCUT2D eigenvalue weighted by Crippen LogP contribution is 2.29. The number of amides is 1. The van der Waals surface area contributed by atoms with Gasteiger partial charge in [-0.3, -0.25) is 4.79 Å². The summed E-state index contributed by atoms with van der Waals surface area (Å²) in [6.45, 7) is 2.61. The molecule has 0 radical (unpaired) electrons. The van der Waals surface area contributed by atoms with E-state index in [4.69, 9.17) is 5.73 Å². The highest BCUT2D eigenvalue weighted by Gasteiger charge is 2.33. The van der Waals surface area contributed by atoms with Crippen LogP contribution in [-0.4, -0.2) is 11.9 Å². The van der Waals surface area contributed by atoms with Crippen LogP contribution in [0.4, 0.5) is 0 Å². The summed E-state index contributed by atoms with van der Waals surface area (Å²) >= 11 is 0. The molecule has 1 aromatic rings. The lowest BCUT2D eigenvalue weighted by Crippen LogP contribution is -2.26. The normalized spacial score (nSPS) is 23.6. The summed E-state index contributed by atoms with van der Waals surface area (Å²) in [5.74, 6) is 0.645. The fourth-order valence-electron chi connectivity index (χ4n) is 1.61. The standard InChI is InChI=1S/C12H16N2O/c1-8-5-11(8)14-12(15)10-4-2-3-9(6-10)7-13/h2-4,6,8,11H,5,7,13H2,1H3,(H,14,15). The first-order chi connectivity index (χ1) is 7.20. The van der Waals surface area contributed by atoms with E-state index in [1.54, 1.807) is 0 Å². The molecule has 1 aliphatic rings. The van der Waals surface area contributed by atoms with E-state index in [9.17, 15) is 4.79 Å². The molecule has 1 saturated carbocycles. The predicted molar refractivity (Wildman–Crippen MR) is 59.4 cm³/mol. The Kier molecular flexibility index (Phi) is 2.73. The molecule has 3 N–H and O–H groups in total. The maximum Gasteiger partial charge on any atom is 0.251 e. The second-order valence-electron chi connectivity index (χ2n) is 4.20. The molecule has 0 heterocycles. The number of nitrogens with one attached hydrogen (secondary N) is 1. The van der Waals surface area contributed by atoms with Gasteiger partial charge < -0.3 is 11.1 Å². The minimum atomic E-state index is 0.0136. The average molecular weight is 204 g/mol. The summed E-state index contributed by atoms with van der Waals surface area (Å²) in [4.78, 5) is 11.8. The molecule has 2 rings (SSSR count). The minimum absolute atomic E-state index is 0.0136. The predicted octanol–water partition coefficient (Wildman–Crippen LogP) is 1.28. The molecule has 2 unspecified atom stereocenters. The molecule has 0 saturated heterocycles. The van der Waals surface area contributed by atoms with Gasteiger partial charge in [0.05, 0.1) is 0 Å². The van der Waals surface area contributed by atoms with Gasteiger partial charge in [0.1, 0.15) is 0 Å². The van der Waals surface area contributed by atoms with Crippen LogP contribution in [0.1, 0.15) is 29.3 Å². The molecule has 3 nitrogen and oxygen atoms in total. The third-order valence-corrected chi connectivity index (χ3v) is 2.85. The molecule has 15 heavy (non-hydrogen) atoms. The SMILES string of the molecule is CC1CC1NC(=O)c1cccc(CN)c1. The lowest BCUT2D eigenvalue weighted by molar-refractivity contribution is 0.0949. The zero-order valence-corrected chi connectivity index (χ0v) is 8.86. The van der Waals surface area contributed by atoms with Gasteiger partial charge in [0.15, 0.2) is 0 Å². The van der Waals surface area contributed by atoms with Crippen LogP contribution in [0.5, 0.6) is 0 Å². The van der Waals surface area contributed by atoms with Crippen molar-refractivity contribution in [3.05, 3.63) is 35.4 Å². The highest BCUT2D eigenvalue weighted by atomic mass is 16.1. The zero-order chi connectivity index (χ0) is 10.8. The number of nitrogens with two attached hydrogens (primary N) is 1. The van der Waals surface area contributed by atoms with E-state index >= 15 is 0 Å². The smallest absolute Gasteiger partial charge is 0.251 e. The largest absolute Gasteiger partial charge is 0.349 e. The first-order valence-electron chi connectivity index (χ1n) is 5.30. The Morgan fingerprint density at radius 1 is 1.60 bits per heavy atom. The molecule has 1 aliphatic carbocycles. The summed E-state index contributed by atoms with van der Waals surface area (Å²) < 4.78 is 0. The van der Waals surface area contributed by atoms with Crippen molar-refractivity contribution in [3.8, 4) is 0 Å². The van der Waals surface area contributed by atoms with Crippen molar-refractivity contribution in [2.75, 3.05) is 0 Å². The fourth-order valence-corrected chi connectivity index (χ4v) is 1.61. The second kappa shape index (κ2) is 4.03. The van der Waals surface area contributed by atoms with Gasteiger partial charge in [0.25, 0.3) is 5.91 Å². The van der Waals surface area contributed by atoms with E-state index in [0.29, 0.717) is 24.1 Å². The number of hydrogen-bond acceptors (Lipinski definition) is 2. The number of rotatable bonds is 3. The van der Waals surface area contributed by atoms with E-state index in [1.165, 1.54) is 0 Å². The summed E-state index contributed by atoms with van der Waals surface area (Å²) in [5, 5.41) is 2.99. The average Bonchev–Trinajstić information content (AvgIpc) is 2.94. The maximum atomic E-state index is 11.8. The monoisotopic (exact) mass is 204 g/mol. The van der Waals surface area contributed by atoms with Gasteiger partial charge in [-0.25, -0.2) is 0 Å². The van der Waals surface area contributed by atoms with E-state index in [-0.39, 0.29) is 5.91 Å².